The zero-order valence-corrected chi connectivity index (χ0v) is 11.6. The number of rotatable bonds is 9. The molecule has 7 heteroatoms. The molecule has 1 N–H and O–H groups in total. The Kier molecular flexibility index (Phi) is 6.74. The van der Waals surface area contributed by atoms with E-state index in [1.165, 1.54) is 0 Å². The number of carbonyl (C=O) groups is 1. The summed E-state index contributed by atoms with van der Waals surface area (Å²) in [7, 11) is 1.59. The standard InChI is InChI=1S/C11H19N3O3S/c1-3-18-8-4-6-14-9(5-7-17-2)10(11(15)16)12-13-14/h3-8H2,1-2H3,(H,15,16). The fourth-order valence-electron chi connectivity index (χ4n) is 1.59. The number of ether oxygens (including phenoxy) is 1. The highest BCUT2D eigenvalue weighted by atomic mass is 32.2. The molecule has 0 aromatic carbocycles. The van der Waals surface area contributed by atoms with Gasteiger partial charge in [0.15, 0.2) is 5.69 Å². The predicted molar refractivity (Wildman–Crippen MR) is 70.2 cm³/mol. The van der Waals surface area contributed by atoms with Crippen molar-refractivity contribution < 1.29 is 14.6 Å². The maximum Gasteiger partial charge on any atom is 0.358 e. The number of aryl methyl sites for hydroxylation is 1. The first-order chi connectivity index (χ1) is 8.70. The second kappa shape index (κ2) is 8.10. The zero-order chi connectivity index (χ0) is 13.4. The van der Waals surface area contributed by atoms with Crippen LogP contribution >= 0.6 is 11.8 Å². The summed E-state index contributed by atoms with van der Waals surface area (Å²) in [5.74, 6) is 1.10. The zero-order valence-electron chi connectivity index (χ0n) is 10.8. The van der Waals surface area contributed by atoms with Crippen LogP contribution in [0.2, 0.25) is 0 Å². The minimum atomic E-state index is -1.03. The van der Waals surface area contributed by atoms with Crippen molar-refractivity contribution in [2.75, 3.05) is 25.2 Å². The van der Waals surface area contributed by atoms with Gasteiger partial charge in [0.05, 0.1) is 12.3 Å². The van der Waals surface area contributed by atoms with Gasteiger partial charge >= 0.3 is 5.97 Å². The van der Waals surface area contributed by atoms with Crippen molar-refractivity contribution in [2.24, 2.45) is 0 Å². The Morgan fingerprint density at radius 3 is 2.94 bits per heavy atom. The van der Waals surface area contributed by atoms with Crippen LogP contribution in [0.5, 0.6) is 0 Å². The minimum absolute atomic E-state index is 0.0372. The van der Waals surface area contributed by atoms with Crippen molar-refractivity contribution >= 4 is 17.7 Å². The van der Waals surface area contributed by atoms with Crippen LogP contribution in [0.25, 0.3) is 0 Å². The van der Waals surface area contributed by atoms with E-state index in [1.807, 2.05) is 11.8 Å². The van der Waals surface area contributed by atoms with E-state index in [0.717, 1.165) is 17.9 Å². The number of carboxylic acids is 1. The Hall–Kier alpha value is -1.08. The topological polar surface area (TPSA) is 77.2 Å². The number of methoxy groups -OCH3 is 1. The number of aromatic carboxylic acids is 1. The van der Waals surface area contributed by atoms with Gasteiger partial charge in [-0.25, -0.2) is 9.48 Å². The lowest BCUT2D eigenvalue weighted by molar-refractivity contribution is 0.0688. The summed E-state index contributed by atoms with van der Waals surface area (Å²) in [5, 5.41) is 16.7. The molecule has 0 fully saturated rings. The van der Waals surface area contributed by atoms with Crippen LogP contribution in [0.4, 0.5) is 0 Å². The molecular formula is C11H19N3O3S. The van der Waals surface area contributed by atoms with Gasteiger partial charge in [-0.1, -0.05) is 12.1 Å². The molecular weight excluding hydrogens is 254 g/mol. The van der Waals surface area contributed by atoms with Crippen molar-refractivity contribution in [1.82, 2.24) is 15.0 Å². The lowest BCUT2D eigenvalue weighted by atomic mass is 10.2. The lowest BCUT2D eigenvalue weighted by Gasteiger charge is -2.06. The molecule has 1 rings (SSSR count). The van der Waals surface area contributed by atoms with Gasteiger partial charge in [-0.3, -0.25) is 0 Å². The molecule has 0 amide bonds. The average molecular weight is 273 g/mol. The van der Waals surface area contributed by atoms with Crippen molar-refractivity contribution in [3.8, 4) is 0 Å². The third-order valence-corrected chi connectivity index (χ3v) is 3.43. The molecule has 0 aliphatic heterocycles. The van der Waals surface area contributed by atoms with Crippen molar-refractivity contribution in [3.05, 3.63) is 11.4 Å². The van der Waals surface area contributed by atoms with Crippen LogP contribution in [-0.4, -0.2) is 51.3 Å². The molecule has 0 bridgehead atoms. The molecule has 0 atom stereocenters. The molecule has 102 valence electrons. The van der Waals surface area contributed by atoms with E-state index in [9.17, 15) is 4.79 Å². The molecule has 0 unspecified atom stereocenters. The van der Waals surface area contributed by atoms with Crippen LogP contribution < -0.4 is 0 Å². The number of nitrogens with zero attached hydrogens (tertiary/aromatic N) is 3. The predicted octanol–water partition coefficient (Wildman–Crippen LogP) is 1.31. The fraction of sp³-hybridized carbons (Fsp3) is 0.727. The summed E-state index contributed by atoms with van der Waals surface area (Å²) in [6.45, 7) is 3.29. The third kappa shape index (κ3) is 4.30. The molecule has 0 aliphatic carbocycles. The van der Waals surface area contributed by atoms with E-state index in [1.54, 1.807) is 11.8 Å². The molecule has 0 spiro atoms. The van der Waals surface area contributed by atoms with Gasteiger partial charge in [0, 0.05) is 20.1 Å². The van der Waals surface area contributed by atoms with Crippen LogP contribution in [-0.2, 0) is 17.7 Å². The van der Waals surface area contributed by atoms with Gasteiger partial charge in [-0.2, -0.15) is 11.8 Å². The fourth-order valence-corrected chi connectivity index (χ4v) is 2.21. The molecule has 1 aromatic rings. The Bertz CT molecular complexity index is 382. The van der Waals surface area contributed by atoms with Gasteiger partial charge in [0.1, 0.15) is 0 Å². The summed E-state index contributed by atoms with van der Waals surface area (Å²) in [4.78, 5) is 11.0. The molecule has 1 aromatic heterocycles. The number of hydrogen-bond acceptors (Lipinski definition) is 5. The van der Waals surface area contributed by atoms with Crippen molar-refractivity contribution in [2.45, 2.75) is 26.3 Å². The minimum Gasteiger partial charge on any atom is -0.476 e. The van der Waals surface area contributed by atoms with E-state index in [4.69, 9.17) is 9.84 Å². The van der Waals surface area contributed by atoms with Crippen LogP contribution in [0, 0.1) is 0 Å². The van der Waals surface area contributed by atoms with Crippen LogP contribution in [0.15, 0.2) is 0 Å². The largest absolute Gasteiger partial charge is 0.476 e. The van der Waals surface area contributed by atoms with Crippen molar-refractivity contribution in [1.29, 1.82) is 0 Å². The van der Waals surface area contributed by atoms with Gasteiger partial charge in [0.25, 0.3) is 0 Å². The van der Waals surface area contributed by atoms with Gasteiger partial charge in [-0.05, 0) is 17.9 Å². The molecule has 0 saturated carbocycles. The Morgan fingerprint density at radius 1 is 1.56 bits per heavy atom. The van der Waals surface area contributed by atoms with Gasteiger partial charge in [0.2, 0.25) is 0 Å². The summed E-state index contributed by atoms with van der Waals surface area (Å²) < 4.78 is 6.66. The highest BCUT2D eigenvalue weighted by molar-refractivity contribution is 7.99. The second-order valence-corrected chi connectivity index (χ2v) is 5.10. The average Bonchev–Trinajstić information content (AvgIpc) is 2.75. The summed E-state index contributed by atoms with van der Waals surface area (Å²) in [6.07, 6.45) is 1.48. The molecule has 0 saturated heterocycles. The summed E-state index contributed by atoms with van der Waals surface area (Å²) in [6, 6.07) is 0. The Morgan fingerprint density at radius 2 is 2.33 bits per heavy atom. The number of hydrogen-bond donors (Lipinski definition) is 1. The van der Waals surface area contributed by atoms with E-state index in [0.29, 0.717) is 25.3 Å². The second-order valence-electron chi connectivity index (χ2n) is 3.71. The van der Waals surface area contributed by atoms with Gasteiger partial charge in [-0.15, -0.1) is 5.10 Å². The SMILES string of the molecule is CCSCCCn1nnc(C(=O)O)c1CCOC. The van der Waals surface area contributed by atoms with Crippen LogP contribution in [0.1, 0.15) is 29.5 Å². The number of carboxylic acid groups (broad SMARTS) is 1. The first-order valence-corrected chi connectivity index (χ1v) is 7.08. The molecule has 6 nitrogen and oxygen atoms in total. The maximum absolute atomic E-state index is 11.0. The third-order valence-electron chi connectivity index (χ3n) is 2.45. The first kappa shape index (κ1) is 15.0. The summed E-state index contributed by atoms with van der Waals surface area (Å²) in [5.41, 5.74) is 0.682. The number of thioether (sulfide) groups is 1. The molecule has 0 radical (unpaired) electrons. The van der Waals surface area contributed by atoms with Crippen molar-refractivity contribution in [3.63, 3.8) is 0 Å². The van der Waals surface area contributed by atoms with Gasteiger partial charge < -0.3 is 9.84 Å². The molecule has 1 heterocycles. The normalized spacial score (nSPS) is 10.8. The summed E-state index contributed by atoms with van der Waals surface area (Å²) >= 11 is 1.86. The smallest absolute Gasteiger partial charge is 0.358 e. The maximum atomic E-state index is 11.0. The Balaban J connectivity index is 2.67. The van der Waals surface area contributed by atoms with E-state index in [2.05, 4.69) is 17.2 Å². The number of aromatic nitrogens is 3. The van der Waals surface area contributed by atoms with Crippen LogP contribution in [0.3, 0.4) is 0 Å². The Labute approximate surface area is 111 Å². The molecule has 0 aliphatic rings. The quantitative estimate of drug-likeness (QED) is 0.684. The lowest BCUT2D eigenvalue weighted by Crippen LogP contribution is -2.11. The van der Waals surface area contributed by atoms with E-state index in [-0.39, 0.29) is 5.69 Å². The first-order valence-electron chi connectivity index (χ1n) is 5.93. The van der Waals surface area contributed by atoms with E-state index >= 15 is 0 Å². The monoisotopic (exact) mass is 273 g/mol. The van der Waals surface area contributed by atoms with E-state index < -0.39 is 5.97 Å². The molecule has 18 heavy (non-hydrogen) atoms. The highest BCUT2D eigenvalue weighted by Crippen LogP contribution is 2.09. The highest BCUT2D eigenvalue weighted by Gasteiger charge is 2.18.